The fourth-order valence-electron chi connectivity index (χ4n) is 4.38. The van der Waals surface area contributed by atoms with Gasteiger partial charge in [-0.3, -0.25) is 14.4 Å². The molecular formula is C31H26F3N3O5. The highest BCUT2D eigenvalue weighted by molar-refractivity contribution is 6.10. The number of ether oxygens (including phenoxy) is 1. The number of nitrogens with zero attached hydrogens (tertiary/aromatic N) is 2. The summed E-state index contributed by atoms with van der Waals surface area (Å²) >= 11 is 0. The predicted molar refractivity (Wildman–Crippen MR) is 147 cm³/mol. The van der Waals surface area contributed by atoms with Crippen LogP contribution in [0, 0.1) is 11.8 Å². The van der Waals surface area contributed by atoms with Gasteiger partial charge in [-0.05, 0) is 48.4 Å². The second-order valence-electron chi connectivity index (χ2n) is 9.60. The third-order valence-electron chi connectivity index (χ3n) is 6.51. The van der Waals surface area contributed by atoms with E-state index in [1.54, 1.807) is 12.1 Å². The fraction of sp³-hybridized carbons (Fsp3) is 0.226. The lowest BCUT2D eigenvalue weighted by molar-refractivity contribution is -0.202. The van der Waals surface area contributed by atoms with Crippen molar-refractivity contribution in [2.75, 3.05) is 11.4 Å². The van der Waals surface area contributed by atoms with Crippen molar-refractivity contribution in [1.29, 1.82) is 0 Å². The number of carbonyl (C=O) groups is 4. The van der Waals surface area contributed by atoms with Gasteiger partial charge in [0.15, 0.2) is 0 Å². The minimum Gasteiger partial charge on any atom is -0.386 e. The first-order valence-corrected chi connectivity index (χ1v) is 12.9. The first kappa shape index (κ1) is 30.0. The van der Waals surface area contributed by atoms with Gasteiger partial charge >= 0.3 is 18.1 Å². The van der Waals surface area contributed by atoms with E-state index in [0.717, 1.165) is 16.0 Å². The standard InChI is InChI=1S/C31H26F3N3O5/c1-20(14-28(39)42-30(41)31(32,33)34)36-19-27(38)37(18-23-6-3-2-4-7-23)26-13-12-22(16-25(26)29(36)40)11-10-21-8-5-9-24(15-21)17-35/h2-9,12-13,15-16,20H,14,17-19,35H2,1H3. The topological polar surface area (TPSA) is 110 Å². The number of rotatable bonds is 6. The number of esters is 2. The van der Waals surface area contributed by atoms with Crippen LogP contribution in [0.1, 0.15) is 46.0 Å². The minimum absolute atomic E-state index is 0.117. The summed E-state index contributed by atoms with van der Waals surface area (Å²) in [6.07, 6.45) is -6.10. The van der Waals surface area contributed by atoms with E-state index in [0.29, 0.717) is 23.4 Å². The van der Waals surface area contributed by atoms with Crippen LogP contribution in [0.3, 0.4) is 0 Å². The molecule has 42 heavy (non-hydrogen) atoms. The van der Waals surface area contributed by atoms with E-state index < -0.39 is 48.9 Å². The lowest BCUT2D eigenvalue weighted by atomic mass is 10.0. The van der Waals surface area contributed by atoms with Gasteiger partial charge in [-0.25, -0.2) is 4.79 Å². The molecule has 0 radical (unpaired) electrons. The molecular weight excluding hydrogens is 551 g/mol. The van der Waals surface area contributed by atoms with Gasteiger partial charge in [-0.2, -0.15) is 13.2 Å². The van der Waals surface area contributed by atoms with E-state index in [9.17, 15) is 32.3 Å². The maximum atomic E-state index is 13.8. The Kier molecular flexibility index (Phi) is 9.08. The monoisotopic (exact) mass is 577 g/mol. The quantitative estimate of drug-likeness (QED) is 0.270. The fourth-order valence-corrected chi connectivity index (χ4v) is 4.38. The number of hydrogen-bond donors (Lipinski definition) is 1. The Morgan fingerprint density at radius 1 is 0.952 bits per heavy atom. The van der Waals surface area contributed by atoms with Crippen LogP contribution in [0.5, 0.6) is 0 Å². The highest BCUT2D eigenvalue weighted by Crippen LogP contribution is 2.30. The molecule has 2 N–H and O–H groups in total. The largest absolute Gasteiger partial charge is 0.491 e. The Morgan fingerprint density at radius 3 is 2.29 bits per heavy atom. The molecule has 216 valence electrons. The van der Waals surface area contributed by atoms with Gasteiger partial charge in [0, 0.05) is 23.7 Å². The molecule has 0 fully saturated rings. The van der Waals surface area contributed by atoms with Gasteiger partial charge in [0.05, 0.1) is 24.2 Å². The van der Waals surface area contributed by atoms with Crippen molar-refractivity contribution in [2.45, 2.75) is 38.7 Å². The minimum atomic E-state index is -5.35. The van der Waals surface area contributed by atoms with E-state index in [4.69, 9.17) is 5.73 Å². The summed E-state index contributed by atoms with van der Waals surface area (Å²) < 4.78 is 41.5. The molecule has 8 nitrogen and oxygen atoms in total. The molecule has 2 amide bonds. The molecule has 3 aromatic carbocycles. The molecule has 11 heteroatoms. The molecule has 0 saturated carbocycles. The van der Waals surface area contributed by atoms with Gasteiger partial charge in [0.2, 0.25) is 5.91 Å². The van der Waals surface area contributed by atoms with Crippen LogP contribution in [0.15, 0.2) is 72.8 Å². The summed E-state index contributed by atoms with van der Waals surface area (Å²) in [4.78, 5) is 52.9. The average Bonchev–Trinajstić information content (AvgIpc) is 3.06. The van der Waals surface area contributed by atoms with Crippen LogP contribution in [-0.2, 0) is 32.2 Å². The first-order valence-electron chi connectivity index (χ1n) is 12.9. The van der Waals surface area contributed by atoms with Crippen LogP contribution in [-0.4, -0.2) is 47.4 Å². The van der Waals surface area contributed by atoms with Gasteiger partial charge in [0.1, 0.15) is 6.54 Å². The molecule has 1 heterocycles. The second-order valence-corrected chi connectivity index (χ2v) is 9.60. The molecule has 4 rings (SSSR count). The van der Waals surface area contributed by atoms with E-state index in [1.165, 1.54) is 17.9 Å². The molecule has 1 unspecified atom stereocenters. The summed E-state index contributed by atoms with van der Waals surface area (Å²) in [5, 5.41) is 0. The highest BCUT2D eigenvalue weighted by atomic mass is 19.4. The zero-order valence-electron chi connectivity index (χ0n) is 22.5. The Bertz CT molecular complexity index is 1580. The van der Waals surface area contributed by atoms with Crippen molar-refractivity contribution in [3.05, 3.63) is 101 Å². The molecule has 0 aliphatic carbocycles. The van der Waals surface area contributed by atoms with Crippen LogP contribution in [0.4, 0.5) is 18.9 Å². The van der Waals surface area contributed by atoms with E-state index in [1.807, 2.05) is 54.6 Å². The van der Waals surface area contributed by atoms with E-state index in [-0.39, 0.29) is 12.1 Å². The third kappa shape index (κ3) is 7.21. The Balaban J connectivity index is 1.68. The number of halogens is 3. The number of nitrogens with two attached hydrogens (primary N) is 1. The smallest absolute Gasteiger partial charge is 0.386 e. The normalized spacial score (nSPS) is 13.9. The zero-order valence-corrected chi connectivity index (χ0v) is 22.5. The summed E-state index contributed by atoms with van der Waals surface area (Å²) in [6.45, 7) is 1.40. The van der Waals surface area contributed by atoms with Crippen LogP contribution < -0.4 is 10.6 Å². The molecule has 1 atom stereocenters. The van der Waals surface area contributed by atoms with Gasteiger partial charge in [-0.15, -0.1) is 0 Å². The molecule has 0 spiro atoms. The van der Waals surface area contributed by atoms with Crippen LogP contribution >= 0.6 is 0 Å². The molecule has 0 saturated heterocycles. The van der Waals surface area contributed by atoms with Gasteiger partial charge in [-0.1, -0.05) is 54.3 Å². The predicted octanol–water partition coefficient (Wildman–Crippen LogP) is 3.94. The summed E-state index contributed by atoms with van der Waals surface area (Å²) in [5.41, 5.74) is 9.01. The zero-order chi connectivity index (χ0) is 30.4. The van der Waals surface area contributed by atoms with Crippen LogP contribution in [0.25, 0.3) is 0 Å². The summed E-state index contributed by atoms with van der Waals surface area (Å²) in [6, 6.07) is 20.2. The third-order valence-corrected chi connectivity index (χ3v) is 6.51. The number of alkyl halides is 3. The lowest BCUT2D eigenvalue weighted by Gasteiger charge is -2.27. The number of anilines is 1. The number of fused-ring (bicyclic) bond motifs is 1. The molecule has 3 aromatic rings. The number of hydrogen-bond acceptors (Lipinski definition) is 6. The van der Waals surface area contributed by atoms with Crippen LogP contribution in [0.2, 0.25) is 0 Å². The van der Waals surface area contributed by atoms with Crippen molar-refractivity contribution < 1.29 is 37.1 Å². The van der Waals surface area contributed by atoms with Crippen molar-refractivity contribution in [3.8, 4) is 11.8 Å². The summed E-state index contributed by atoms with van der Waals surface area (Å²) in [5.74, 6) is 0.792. The highest BCUT2D eigenvalue weighted by Gasteiger charge is 2.43. The average molecular weight is 578 g/mol. The van der Waals surface area contributed by atoms with E-state index in [2.05, 4.69) is 16.6 Å². The van der Waals surface area contributed by atoms with Gasteiger partial charge in [0.25, 0.3) is 5.91 Å². The Labute approximate surface area is 239 Å². The van der Waals surface area contributed by atoms with Crippen molar-refractivity contribution in [3.63, 3.8) is 0 Å². The van der Waals surface area contributed by atoms with Crippen molar-refractivity contribution >= 4 is 29.4 Å². The molecule has 0 bridgehead atoms. The van der Waals surface area contributed by atoms with Crippen molar-refractivity contribution in [2.24, 2.45) is 5.73 Å². The maximum Gasteiger partial charge on any atom is 0.491 e. The lowest BCUT2D eigenvalue weighted by Crippen LogP contribution is -2.44. The van der Waals surface area contributed by atoms with E-state index >= 15 is 0 Å². The summed E-state index contributed by atoms with van der Waals surface area (Å²) in [7, 11) is 0. The Morgan fingerprint density at radius 2 is 1.62 bits per heavy atom. The number of carbonyl (C=O) groups excluding carboxylic acids is 4. The van der Waals surface area contributed by atoms with Gasteiger partial charge < -0.3 is 20.3 Å². The first-order chi connectivity index (χ1) is 20.0. The number of benzene rings is 3. The molecule has 0 aromatic heterocycles. The molecule has 1 aliphatic heterocycles. The maximum absolute atomic E-state index is 13.8. The van der Waals surface area contributed by atoms with Crippen molar-refractivity contribution in [1.82, 2.24) is 4.90 Å². The Hall–Kier alpha value is -4.95. The second kappa shape index (κ2) is 12.7. The SMILES string of the molecule is CC(CC(=O)OC(=O)C(F)(F)F)N1CC(=O)N(Cc2ccccc2)c2ccc(C#Cc3cccc(CN)c3)cc2C1=O. The number of amides is 2. The molecule has 1 aliphatic rings.